The molecular formula is C10H20ClNO2S. The Morgan fingerprint density at radius 2 is 2.00 bits per heavy atom. The van der Waals surface area contributed by atoms with E-state index in [0.717, 1.165) is 12.8 Å². The monoisotopic (exact) mass is 253 g/mol. The molecule has 1 saturated carbocycles. The highest BCUT2D eigenvalue weighted by Crippen LogP contribution is 2.27. The Kier molecular flexibility index (Phi) is 5.36. The summed E-state index contributed by atoms with van der Waals surface area (Å²) in [4.78, 5) is 0. The van der Waals surface area contributed by atoms with E-state index in [-0.39, 0.29) is 11.8 Å². The maximum absolute atomic E-state index is 11.6. The summed E-state index contributed by atoms with van der Waals surface area (Å²) in [5.41, 5.74) is 0. The minimum atomic E-state index is -3.11. The molecule has 0 aromatic rings. The van der Waals surface area contributed by atoms with Crippen LogP contribution < -0.4 is 4.72 Å². The molecule has 0 saturated heterocycles. The molecule has 0 heterocycles. The molecule has 90 valence electrons. The molecule has 0 aromatic heterocycles. The minimum Gasteiger partial charge on any atom is -0.212 e. The largest absolute Gasteiger partial charge is 0.212 e. The van der Waals surface area contributed by atoms with Gasteiger partial charge in [0.1, 0.15) is 0 Å². The van der Waals surface area contributed by atoms with Gasteiger partial charge in [-0.3, -0.25) is 0 Å². The third kappa shape index (κ3) is 4.70. The van der Waals surface area contributed by atoms with Crippen molar-refractivity contribution in [3.05, 3.63) is 0 Å². The lowest BCUT2D eigenvalue weighted by molar-refractivity contribution is 0.424. The van der Waals surface area contributed by atoms with Gasteiger partial charge in [-0.25, -0.2) is 13.1 Å². The Morgan fingerprint density at radius 1 is 1.40 bits per heavy atom. The van der Waals surface area contributed by atoms with Gasteiger partial charge in [-0.1, -0.05) is 12.8 Å². The number of nitrogens with one attached hydrogen (secondary N) is 1. The molecule has 1 aliphatic carbocycles. The smallest absolute Gasteiger partial charge is 0.211 e. The fourth-order valence-corrected chi connectivity index (χ4v) is 3.83. The first kappa shape index (κ1) is 13.3. The van der Waals surface area contributed by atoms with Crippen LogP contribution in [0.5, 0.6) is 0 Å². The van der Waals surface area contributed by atoms with Gasteiger partial charge < -0.3 is 0 Å². The summed E-state index contributed by atoms with van der Waals surface area (Å²) in [7, 11) is -3.11. The summed E-state index contributed by atoms with van der Waals surface area (Å²) in [6, 6.07) is 0.0767. The number of hydrogen-bond acceptors (Lipinski definition) is 2. The molecule has 15 heavy (non-hydrogen) atoms. The zero-order chi connectivity index (χ0) is 11.3. The van der Waals surface area contributed by atoms with E-state index in [0.29, 0.717) is 18.2 Å². The third-order valence-corrected chi connectivity index (χ3v) is 4.84. The maximum atomic E-state index is 11.6. The van der Waals surface area contributed by atoms with E-state index in [1.165, 1.54) is 12.8 Å². The first-order chi connectivity index (χ1) is 7.05. The topological polar surface area (TPSA) is 46.2 Å². The van der Waals surface area contributed by atoms with Crippen molar-refractivity contribution in [3.63, 3.8) is 0 Å². The van der Waals surface area contributed by atoms with Gasteiger partial charge in [-0.15, -0.1) is 11.6 Å². The third-order valence-electron chi connectivity index (χ3n) is 3.02. The highest BCUT2D eigenvalue weighted by molar-refractivity contribution is 7.89. The van der Waals surface area contributed by atoms with Crippen LogP contribution in [0.2, 0.25) is 0 Å². The van der Waals surface area contributed by atoms with Crippen molar-refractivity contribution in [1.82, 2.24) is 4.72 Å². The summed E-state index contributed by atoms with van der Waals surface area (Å²) in [6.45, 7) is 1.97. The van der Waals surface area contributed by atoms with Crippen LogP contribution in [0.25, 0.3) is 0 Å². The van der Waals surface area contributed by atoms with Crippen LogP contribution in [-0.4, -0.2) is 26.1 Å². The van der Waals surface area contributed by atoms with Crippen LogP contribution in [0.4, 0.5) is 0 Å². The van der Waals surface area contributed by atoms with Crippen molar-refractivity contribution in [2.75, 3.05) is 11.6 Å². The van der Waals surface area contributed by atoms with Gasteiger partial charge in [-0.2, -0.15) is 0 Å². The molecule has 0 aromatic carbocycles. The van der Waals surface area contributed by atoms with E-state index in [2.05, 4.69) is 4.72 Å². The Hall–Kier alpha value is 0.200. The van der Waals surface area contributed by atoms with Gasteiger partial charge in [0, 0.05) is 11.9 Å². The molecule has 0 spiro atoms. The normalized spacial score (nSPS) is 20.7. The maximum Gasteiger partial charge on any atom is 0.211 e. The average molecular weight is 254 g/mol. The van der Waals surface area contributed by atoms with E-state index in [1.807, 2.05) is 6.92 Å². The molecule has 1 N–H and O–H groups in total. The predicted octanol–water partition coefficient (Wildman–Crippen LogP) is 2.11. The minimum absolute atomic E-state index is 0.0767. The Labute approximate surface area is 97.6 Å². The van der Waals surface area contributed by atoms with Crippen molar-refractivity contribution in [2.45, 2.75) is 45.1 Å². The number of hydrogen-bond donors (Lipinski definition) is 1. The zero-order valence-electron chi connectivity index (χ0n) is 9.21. The van der Waals surface area contributed by atoms with Gasteiger partial charge in [0.15, 0.2) is 0 Å². The predicted molar refractivity (Wildman–Crippen MR) is 63.7 cm³/mol. The van der Waals surface area contributed by atoms with E-state index in [1.54, 1.807) is 0 Å². The SMILES string of the molecule is C[C@@H](NS(=O)(=O)CCCCl)C1CCCC1. The molecule has 1 aliphatic rings. The summed E-state index contributed by atoms with van der Waals surface area (Å²) < 4.78 is 25.9. The first-order valence-corrected chi connectivity index (χ1v) is 7.80. The number of sulfonamides is 1. The molecule has 5 heteroatoms. The summed E-state index contributed by atoms with van der Waals surface area (Å²) in [5.74, 6) is 1.07. The molecule has 0 unspecified atom stereocenters. The zero-order valence-corrected chi connectivity index (χ0v) is 10.8. The molecule has 1 atom stereocenters. The van der Waals surface area contributed by atoms with Crippen molar-refractivity contribution in [1.29, 1.82) is 0 Å². The number of halogens is 1. The summed E-state index contributed by atoms with van der Waals surface area (Å²) >= 11 is 5.48. The highest BCUT2D eigenvalue weighted by atomic mass is 35.5. The molecule has 0 radical (unpaired) electrons. The lowest BCUT2D eigenvalue weighted by Gasteiger charge is -2.20. The van der Waals surface area contributed by atoms with Gasteiger partial charge in [0.2, 0.25) is 10.0 Å². The van der Waals surface area contributed by atoms with Crippen molar-refractivity contribution in [3.8, 4) is 0 Å². The van der Waals surface area contributed by atoms with Crippen molar-refractivity contribution in [2.24, 2.45) is 5.92 Å². The second-order valence-corrected chi connectivity index (χ2v) is 6.56. The molecular weight excluding hydrogens is 234 g/mol. The summed E-state index contributed by atoms with van der Waals surface area (Å²) in [5, 5.41) is 0. The van der Waals surface area contributed by atoms with Crippen LogP contribution in [0.15, 0.2) is 0 Å². The fourth-order valence-electron chi connectivity index (χ4n) is 2.14. The van der Waals surface area contributed by atoms with Crippen LogP contribution >= 0.6 is 11.6 Å². The van der Waals surface area contributed by atoms with Crippen LogP contribution in [-0.2, 0) is 10.0 Å². The van der Waals surface area contributed by atoms with Gasteiger partial charge in [0.25, 0.3) is 0 Å². The standard InChI is InChI=1S/C10H20ClNO2S/c1-9(10-5-2-3-6-10)12-15(13,14)8-4-7-11/h9-10,12H,2-8H2,1H3/t9-/m1/s1. The highest BCUT2D eigenvalue weighted by Gasteiger charge is 2.24. The molecule has 0 amide bonds. The van der Waals surface area contributed by atoms with Gasteiger partial charge >= 0.3 is 0 Å². The number of alkyl halides is 1. The van der Waals surface area contributed by atoms with Crippen LogP contribution in [0.1, 0.15) is 39.0 Å². The van der Waals surface area contributed by atoms with Gasteiger partial charge in [0.05, 0.1) is 5.75 Å². The molecule has 1 rings (SSSR count). The average Bonchev–Trinajstić information content (AvgIpc) is 2.67. The quantitative estimate of drug-likeness (QED) is 0.737. The van der Waals surface area contributed by atoms with Crippen molar-refractivity contribution < 1.29 is 8.42 Å². The lowest BCUT2D eigenvalue weighted by atomic mass is 10.0. The van der Waals surface area contributed by atoms with Crippen molar-refractivity contribution >= 4 is 21.6 Å². The lowest BCUT2D eigenvalue weighted by Crippen LogP contribution is -2.38. The number of rotatable bonds is 6. The van der Waals surface area contributed by atoms with Crippen LogP contribution in [0.3, 0.4) is 0 Å². The van der Waals surface area contributed by atoms with Gasteiger partial charge in [-0.05, 0) is 32.1 Å². The molecule has 3 nitrogen and oxygen atoms in total. The Bertz CT molecular complexity index is 273. The van der Waals surface area contributed by atoms with E-state index < -0.39 is 10.0 Å². The molecule has 0 aliphatic heterocycles. The molecule has 1 fully saturated rings. The second-order valence-electron chi connectivity index (χ2n) is 4.31. The Balaban J connectivity index is 2.38. The van der Waals surface area contributed by atoms with E-state index in [4.69, 9.17) is 11.6 Å². The first-order valence-electron chi connectivity index (χ1n) is 5.61. The fraction of sp³-hybridized carbons (Fsp3) is 1.00. The van der Waals surface area contributed by atoms with Crippen LogP contribution in [0, 0.1) is 5.92 Å². The van der Waals surface area contributed by atoms with E-state index >= 15 is 0 Å². The second kappa shape index (κ2) is 6.06. The summed E-state index contributed by atoms with van der Waals surface area (Å²) in [6.07, 6.45) is 5.30. The Morgan fingerprint density at radius 3 is 2.53 bits per heavy atom. The van der Waals surface area contributed by atoms with E-state index in [9.17, 15) is 8.42 Å². The molecule has 0 bridgehead atoms.